The van der Waals surface area contributed by atoms with E-state index in [0.29, 0.717) is 29.7 Å². The molecule has 1 aliphatic heterocycles. The van der Waals surface area contributed by atoms with Crippen molar-refractivity contribution in [2.24, 2.45) is 0 Å². The van der Waals surface area contributed by atoms with Gasteiger partial charge in [0.15, 0.2) is 0 Å². The lowest BCUT2D eigenvalue weighted by molar-refractivity contribution is -0.870. The maximum absolute atomic E-state index is 12.8. The number of epoxide rings is 1. The van der Waals surface area contributed by atoms with Gasteiger partial charge in [-0.15, -0.1) is 0 Å². The molecule has 1 fully saturated rings. The monoisotopic (exact) mass is 782 g/mol. The molecular formula is C44H82N2O7P+. The van der Waals surface area contributed by atoms with Crippen LogP contribution in [0.25, 0.3) is 0 Å². The fourth-order valence-corrected chi connectivity index (χ4v) is 6.86. The van der Waals surface area contributed by atoms with E-state index in [4.69, 9.17) is 13.8 Å². The van der Waals surface area contributed by atoms with E-state index in [0.717, 1.165) is 44.9 Å². The first-order valence-corrected chi connectivity index (χ1v) is 23.1. The number of quaternary nitrogens is 1. The summed E-state index contributed by atoms with van der Waals surface area (Å²) in [6, 6.07) is -0.878. The number of aliphatic hydroxyl groups excluding tert-OH is 1. The highest BCUT2D eigenvalue weighted by Gasteiger charge is 2.36. The van der Waals surface area contributed by atoms with Gasteiger partial charge < -0.3 is 24.5 Å². The summed E-state index contributed by atoms with van der Waals surface area (Å²) in [4.78, 5) is 23.1. The molecule has 0 aromatic rings. The Bertz CT molecular complexity index is 1090. The summed E-state index contributed by atoms with van der Waals surface area (Å²) in [5.41, 5.74) is 0. The van der Waals surface area contributed by atoms with Gasteiger partial charge in [-0.05, 0) is 51.4 Å². The van der Waals surface area contributed by atoms with Crippen LogP contribution in [-0.4, -0.2) is 85.6 Å². The Morgan fingerprint density at radius 3 is 1.93 bits per heavy atom. The topological polar surface area (TPSA) is 118 Å². The number of likely N-dealkylation sites (N-methyl/N-ethyl adjacent to an activating group) is 1. The van der Waals surface area contributed by atoms with Crippen LogP contribution < -0.4 is 5.32 Å². The van der Waals surface area contributed by atoms with Gasteiger partial charge in [-0.25, -0.2) is 4.57 Å². The molecule has 3 N–H and O–H groups in total. The molecule has 0 aromatic heterocycles. The van der Waals surface area contributed by atoms with E-state index in [-0.39, 0.29) is 25.5 Å². The largest absolute Gasteiger partial charge is 0.472 e. The zero-order chi connectivity index (χ0) is 39.8. The predicted molar refractivity (Wildman–Crippen MR) is 225 cm³/mol. The standard InChI is InChI=1S/C44H81N2O7P/c1-6-8-10-11-12-13-14-15-16-17-20-23-26-30-33-41(47)40(39-52-54(49,50)51-38-37-46(3,4)5)45-44(48)36-32-28-25-22-19-18-21-24-27-31-35-43-42(53-43)34-29-9-7-2/h18,21-22,25,27,30-31,33,40-43,47H,6-17,19-20,23-24,26,28-29,32,34-39H2,1-5H3,(H-,45,48,49,50)/p+1/b21-18-,25-22-,31-27-,33-30+/t40-,41+,42?,43?/m0/s1. The second kappa shape index (κ2) is 32.5. The summed E-state index contributed by atoms with van der Waals surface area (Å²) in [5, 5.41) is 13.8. The van der Waals surface area contributed by atoms with E-state index in [1.54, 1.807) is 6.08 Å². The quantitative estimate of drug-likeness (QED) is 0.0189. The molecule has 9 nitrogen and oxygen atoms in total. The van der Waals surface area contributed by atoms with Crippen molar-refractivity contribution in [2.45, 2.75) is 186 Å². The molecule has 1 heterocycles. The van der Waals surface area contributed by atoms with Crippen LogP contribution in [0.3, 0.4) is 0 Å². The van der Waals surface area contributed by atoms with E-state index in [9.17, 15) is 19.4 Å². The Balaban J connectivity index is 2.38. The van der Waals surface area contributed by atoms with Crippen LogP contribution in [0.4, 0.5) is 0 Å². The molecule has 1 saturated heterocycles. The lowest BCUT2D eigenvalue weighted by Crippen LogP contribution is -2.45. The zero-order valence-corrected chi connectivity index (χ0v) is 36.0. The number of phosphoric acid groups is 1. The van der Waals surface area contributed by atoms with Gasteiger partial charge in [0.05, 0.1) is 52.1 Å². The lowest BCUT2D eigenvalue weighted by Gasteiger charge is -2.25. The maximum Gasteiger partial charge on any atom is 0.472 e. The summed E-state index contributed by atoms with van der Waals surface area (Å²) in [6.07, 6.45) is 42.1. The number of rotatable bonds is 37. The number of aliphatic hydroxyl groups is 1. The minimum atomic E-state index is -4.35. The molecule has 0 bridgehead atoms. The molecule has 0 aromatic carbocycles. The second-order valence-electron chi connectivity index (χ2n) is 16.1. The second-order valence-corrected chi connectivity index (χ2v) is 17.6. The van der Waals surface area contributed by atoms with Crippen LogP contribution in [0.2, 0.25) is 0 Å². The normalized spacial score (nSPS) is 18.6. The molecule has 314 valence electrons. The third-order valence-corrected chi connectivity index (χ3v) is 10.7. The van der Waals surface area contributed by atoms with Gasteiger partial charge in [0.2, 0.25) is 5.91 Å². The highest BCUT2D eigenvalue weighted by Crippen LogP contribution is 2.43. The molecule has 54 heavy (non-hydrogen) atoms. The van der Waals surface area contributed by atoms with E-state index >= 15 is 0 Å². The first-order chi connectivity index (χ1) is 26.0. The zero-order valence-electron chi connectivity index (χ0n) is 35.1. The molecule has 1 rings (SSSR count). The average molecular weight is 782 g/mol. The fourth-order valence-electron chi connectivity index (χ4n) is 6.13. The van der Waals surface area contributed by atoms with Crippen LogP contribution in [0, 0.1) is 0 Å². The Kier molecular flexibility index (Phi) is 30.4. The number of nitrogens with one attached hydrogen (secondary N) is 1. The van der Waals surface area contributed by atoms with Gasteiger partial charge in [-0.1, -0.05) is 152 Å². The van der Waals surface area contributed by atoms with E-state index in [1.807, 2.05) is 27.2 Å². The molecule has 5 atom stereocenters. The average Bonchev–Trinajstić information content (AvgIpc) is 3.87. The highest BCUT2D eigenvalue weighted by molar-refractivity contribution is 7.47. The molecule has 0 spiro atoms. The van der Waals surface area contributed by atoms with Crippen molar-refractivity contribution in [1.29, 1.82) is 0 Å². The van der Waals surface area contributed by atoms with E-state index in [1.165, 1.54) is 89.9 Å². The van der Waals surface area contributed by atoms with Crippen LogP contribution in [0.5, 0.6) is 0 Å². The number of hydrogen-bond acceptors (Lipinski definition) is 6. The predicted octanol–water partition coefficient (Wildman–Crippen LogP) is 10.7. The minimum absolute atomic E-state index is 0.0477. The van der Waals surface area contributed by atoms with Crippen molar-refractivity contribution < 1.29 is 37.6 Å². The minimum Gasteiger partial charge on any atom is -0.387 e. The van der Waals surface area contributed by atoms with Crippen molar-refractivity contribution in [2.75, 3.05) is 40.9 Å². The van der Waals surface area contributed by atoms with Crippen molar-refractivity contribution >= 4 is 13.7 Å². The lowest BCUT2D eigenvalue weighted by atomic mass is 10.0. The van der Waals surface area contributed by atoms with Crippen molar-refractivity contribution in [1.82, 2.24) is 5.32 Å². The maximum atomic E-state index is 12.8. The Morgan fingerprint density at radius 2 is 1.30 bits per heavy atom. The molecule has 0 saturated carbocycles. The summed E-state index contributed by atoms with van der Waals surface area (Å²) in [6.45, 7) is 4.71. The Morgan fingerprint density at radius 1 is 0.741 bits per heavy atom. The highest BCUT2D eigenvalue weighted by atomic mass is 31.2. The van der Waals surface area contributed by atoms with Gasteiger partial charge in [-0.2, -0.15) is 0 Å². The first-order valence-electron chi connectivity index (χ1n) is 21.6. The van der Waals surface area contributed by atoms with Crippen LogP contribution in [-0.2, 0) is 23.1 Å². The van der Waals surface area contributed by atoms with Crippen molar-refractivity contribution in [3.05, 3.63) is 48.6 Å². The number of allylic oxidation sites excluding steroid dienone is 6. The first kappa shape index (κ1) is 50.4. The summed E-state index contributed by atoms with van der Waals surface area (Å²) in [7, 11) is 1.52. The van der Waals surface area contributed by atoms with Gasteiger partial charge >= 0.3 is 7.82 Å². The summed E-state index contributed by atoms with van der Waals surface area (Å²) < 4.78 is 29.2. The number of hydrogen-bond donors (Lipinski definition) is 3. The third-order valence-electron chi connectivity index (χ3n) is 9.72. The number of phosphoric ester groups is 1. The van der Waals surface area contributed by atoms with Gasteiger partial charge in [0, 0.05) is 6.42 Å². The van der Waals surface area contributed by atoms with Crippen LogP contribution in [0.1, 0.15) is 162 Å². The van der Waals surface area contributed by atoms with Crippen LogP contribution in [0.15, 0.2) is 48.6 Å². The SMILES string of the molecule is CCCCCCCCCCCCCC/C=C/[C@@H](O)[C@H](COP(=O)(O)OCC[N+](C)(C)C)NC(=O)CCC/C=C\C/C=C\C/C=C\CC1OC1CCCCC. The third kappa shape index (κ3) is 31.6. The Hall–Kier alpha value is -1.58. The van der Waals surface area contributed by atoms with E-state index in [2.05, 4.69) is 55.6 Å². The number of carbonyl (C=O) groups excluding carboxylic acids is 1. The van der Waals surface area contributed by atoms with Gasteiger partial charge in [-0.3, -0.25) is 13.8 Å². The molecule has 1 amide bonds. The molecule has 1 aliphatic rings. The summed E-state index contributed by atoms with van der Waals surface area (Å²) in [5.74, 6) is -0.236. The number of carbonyl (C=O) groups is 1. The van der Waals surface area contributed by atoms with E-state index < -0.39 is 20.0 Å². The fraction of sp³-hybridized carbons (Fsp3) is 0.795. The van der Waals surface area contributed by atoms with Crippen molar-refractivity contribution in [3.8, 4) is 0 Å². The molecule has 3 unspecified atom stereocenters. The molecule has 0 aliphatic carbocycles. The number of nitrogens with zero attached hydrogens (tertiary/aromatic N) is 1. The van der Waals surface area contributed by atoms with Gasteiger partial charge in [0.25, 0.3) is 0 Å². The Labute approximate surface area is 331 Å². The van der Waals surface area contributed by atoms with Gasteiger partial charge in [0.1, 0.15) is 13.2 Å². The smallest absolute Gasteiger partial charge is 0.387 e. The van der Waals surface area contributed by atoms with Crippen molar-refractivity contribution in [3.63, 3.8) is 0 Å². The van der Waals surface area contributed by atoms with Crippen LogP contribution >= 0.6 is 7.82 Å². The number of amides is 1. The number of unbranched alkanes of at least 4 members (excludes halogenated alkanes) is 15. The molecular weight excluding hydrogens is 699 g/mol. The summed E-state index contributed by atoms with van der Waals surface area (Å²) >= 11 is 0. The molecule has 10 heteroatoms. The molecule has 0 radical (unpaired) electrons. The number of ether oxygens (including phenoxy) is 1.